The molecule has 8 nitrogen and oxygen atoms in total. The standard InChI is InChI=1S/C19H24N4O4S2/c1-6-22-15-8-7-14(29(26,27)21(4)5)9-16(15)23(19(25)18(22)24)10-13-11-28-17(20-13)12(2)3/h7-9,11-12H,6,10H2,1-5H3. The molecule has 156 valence electrons. The number of benzene rings is 1. The molecular formula is C19H24N4O4S2. The van der Waals surface area contributed by atoms with Gasteiger partial charge in [-0.25, -0.2) is 17.7 Å². The lowest BCUT2D eigenvalue weighted by atomic mass is 10.2. The number of hydrogen-bond donors (Lipinski definition) is 0. The van der Waals surface area contributed by atoms with Crippen molar-refractivity contribution in [2.24, 2.45) is 0 Å². The Morgan fingerprint density at radius 1 is 1.10 bits per heavy atom. The lowest BCUT2D eigenvalue weighted by molar-refractivity contribution is 0.520. The second-order valence-corrected chi connectivity index (χ2v) is 10.3. The van der Waals surface area contributed by atoms with Crippen LogP contribution >= 0.6 is 11.3 Å². The van der Waals surface area contributed by atoms with Gasteiger partial charge in [0.05, 0.1) is 33.2 Å². The maximum absolute atomic E-state index is 12.8. The SMILES string of the molecule is CCn1c(=O)c(=O)n(Cc2csc(C(C)C)n2)c2cc(S(=O)(=O)N(C)C)ccc21. The molecule has 0 aliphatic carbocycles. The molecule has 0 fully saturated rings. The third-order valence-corrected chi connectivity index (χ3v) is 7.69. The third-order valence-electron chi connectivity index (χ3n) is 4.68. The number of hydrogen-bond acceptors (Lipinski definition) is 6. The van der Waals surface area contributed by atoms with Gasteiger partial charge in [-0.05, 0) is 25.1 Å². The molecule has 0 bridgehead atoms. The Balaban J connectivity index is 2.30. The predicted molar refractivity (Wildman–Crippen MR) is 114 cm³/mol. The van der Waals surface area contributed by atoms with E-state index in [1.165, 1.54) is 46.7 Å². The fraction of sp³-hybridized carbons (Fsp3) is 0.421. The van der Waals surface area contributed by atoms with Crippen molar-refractivity contribution in [1.82, 2.24) is 18.4 Å². The molecule has 2 aromatic heterocycles. The molecule has 0 aliphatic heterocycles. The Hall–Kier alpha value is -2.30. The summed E-state index contributed by atoms with van der Waals surface area (Å²) in [6.07, 6.45) is 0. The zero-order chi connectivity index (χ0) is 21.5. The smallest absolute Gasteiger partial charge is 0.302 e. The highest BCUT2D eigenvalue weighted by molar-refractivity contribution is 7.89. The molecule has 0 aliphatic rings. The Morgan fingerprint density at radius 2 is 1.76 bits per heavy atom. The Morgan fingerprint density at radius 3 is 2.31 bits per heavy atom. The van der Waals surface area contributed by atoms with Crippen LogP contribution in [0.15, 0.2) is 38.1 Å². The summed E-state index contributed by atoms with van der Waals surface area (Å²) in [6, 6.07) is 4.48. The second-order valence-electron chi connectivity index (χ2n) is 7.21. The van der Waals surface area contributed by atoms with Gasteiger partial charge in [-0.1, -0.05) is 13.8 Å². The average Bonchev–Trinajstić information content (AvgIpc) is 3.14. The van der Waals surface area contributed by atoms with Crippen LogP contribution in [0.4, 0.5) is 0 Å². The molecule has 0 saturated carbocycles. The first-order valence-electron chi connectivity index (χ1n) is 9.22. The van der Waals surface area contributed by atoms with Crippen LogP contribution < -0.4 is 11.1 Å². The van der Waals surface area contributed by atoms with Gasteiger partial charge in [-0.15, -0.1) is 11.3 Å². The highest BCUT2D eigenvalue weighted by Gasteiger charge is 2.21. The fourth-order valence-electron chi connectivity index (χ4n) is 3.06. The quantitative estimate of drug-likeness (QED) is 0.551. The van der Waals surface area contributed by atoms with E-state index in [9.17, 15) is 18.0 Å². The molecule has 0 N–H and O–H groups in total. The van der Waals surface area contributed by atoms with Crippen LogP contribution in [0.5, 0.6) is 0 Å². The summed E-state index contributed by atoms with van der Waals surface area (Å²) in [6.45, 7) is 6.24. The molecule has 0 saturated heterocycles. The first-order valence-corrected chi connectivity index (χ1v) is 11.5. The minimum atomic E-state index is -3.69. The minimum absolute atomic E-state index is 0.0607. The zero-order valence-corrected chi connectivity index (χ0v) is 18.7. The van der Waals surface area contributed by atoms with Crippen molar-refractivity contribution >= 4 is 32.4 Å². The molecule has 1 aromatic carbocycles. The van der Waals surface area contributed by atoms with Crippen LogP contribution in [0.25, 0.3) is 11.0 Å². The van der Waals surface area contributed by atoms with Crippen LogP contribution in [-0.2, 0) is 23.1 Å². The molecule has 3 rings (SSSR count). The summed E-state index contributed by atoms with van der Waals surface area (Å²) < 4.78 is 29.0. The summed E-state index contributed by atoms with van der Waals surface area (Å²) in [5, 5.41) is 2.80. The van der Waals surface area contributed by atoms with Gasteiger partial charge in [0.2, 0.25) is 10.0 Å². The average molecular weight is 437 g/mol. The van der Waals surface area contributed by atoms with E-state index in [0.717, 1.165) is 9.31 Å². The van der Waals surface area contributed by atoms with Gasteiger partial charge in [0.15, 0.2) is 0 Å². The second kappa shape index (κ2) is 7.85. The monoisotopic (exact) mass is 436 g/mol. The van der Waals surface area contributed by atoms with Gasteiger partial charge in [0.25, 0.3) is 0 Å². The van der Waals surface area contributed by atoms with E-state index in [1.807, 2.05) is 19.2 Å². The summed E-state index contributed by atoms with van der Waals surface area (Å²) in [5.74, 6) is 0.257. The van der Waals surface area contributed by atoms with Crippen molar-refractivity contribution < 1.29 is 8.42 Å². The van der Waals surface area contributed by atoms with Gasteiger partial charge < -0.3 is 4.57 Å². The number of thiazole rings is 1. The van der Waals surface area contributed by atoms with Crippen molar-refractivity contribution in [3.63, 3.8) is 0 Å². The number of rotatable bonds is 6. The molecule has 0 unspecified atom stereocenters. The van der Waals surface area contributed by atoms with Gasteiger partial charge in [-0.2, -0.15) is 0 Å². The number of fused-ring (bicyclic) bond motifs is 1. The summed E-state index contributed by atoms with van der Waals surface area (Å²) >= 11 is 1.50. The number of aryl methyl sites for hydroxylation is 1. The van der Waals surface area contributed by atoms with E-state index in [0.29, 0.717) is 23.3 Å². The Bertz CT molecular complexity index is 1280. The molecule has 0 amide bonds. The fourth-order valence-corrected chi connectivity index (χ4v) is 4.81. The molecule has 0 atom stereocenters. The highest BCUT2D eigenvalue weighted by Crippen LogP contribution is 2.22. The van der Waals surface area contributed by atoms with Gasteiger partial charge in [0, 0.05) is 31.9 Å². The minimum Gasteiger partial charge on any atom is -0.302 e. The van der Waals surface area contributed by atoms with Gasteiger partial charge in [-0.3, -0.25) is 14.2 Å². The first kappa shape index (κ1) is 21.4. The Labute approximate surface area is 173 Å². The normalized spacial score (nSPS) is 12.4. The maximum atomic E-state index is 12.8. The summed E-state index contributed by atoms with van der Waals surface area (Å²) in [7, 11) is -0.797. The highest BCUT2D eigenvalue weighted by atomic mass is 32.2. The molecule has 0 radical (unpaired) electrons. The zero-order valence-electron chi connectivity index (χ0n) is 17.0. The maximum Gasteiger partial charge on any atom is 0.317 e. The van der Waals surface area contributed by atoms with E-state index in [4.69, 9.17) is 0 Å². The summed E-state index contributed by atoms with van der Waals surface area (Å²) in [5.41, 5.74) is 0.226. The number of nitrogens with zero attached hydrogens (tertiary/aromatic N) is 4. The molecule has 29 heavy (non-hydrogen) atoms. The van der Waals surface area contributed by atoms with Crippen LogP contribution in [0, 0.1) is 0 Å². The van der Waals surface area contributed by atoms with Crippen LogP contribution in [-0.4, -0.2) is 40.9 Å². The van der Waals surface area contributed by atoms with E-state index in [1.54, 1.807) is 13.0 Å². The van der Waals surface area contributed by atoms with Crippen molar-refractivity contribution in [1.29, 1.82) is 0 Å². The van der Waals surface area contributed by atoms with E-state index in [2.05, 4.69) is 4.98 Å². The topological polar surface area (TPSA) is 94.3 Å². The van der Waals surface area contributed by atoms with Gasteiger partial charge in [0.1, 0.15) is 0 Å². The molecule has 10 heteroatoms. The van der Waals surface area contributed by atoms with E-state index in [-0.39, 0.29) is 17.4 Å². The van der Waals surface area contributed by atoms with Crippen LogP contribution in [0.2, 0.25) is 0 Å². The lowest BCUT2D eigenvalue weighted by Gasteiger charge is -2.16. The summed E-state index contributed by atoms with van der Waals surface area (Å²) in [4.78, 5) is 30.1. The largest absolute Gasteiger partial charge is 0.317 e. The van der Waals surface area contributed by atoms with Crippen molar-refractivity contribution in [2.75, 3.05) is 14.1 Å². The number of sulfonamides is 1. The van der Waals surface area contributed by atoms with Crippen molar-refractivity contribution in [3.8, 4) is 0 Å². The van der Waals surface area contributed by atoms with Crippen LogP contribution in [0.1, 0.15) is 37.4 Å². The molecule has 3 aromatic rings. The van der Waals surface area contributed by atoms with Crippen LogP contribution in [0.3, 0.4) is 0 Å². The van der Waals surface area contributed by atoms with Gasteiger partial charge >= 0.3 is 11.1 Å². The first-order chi connectivity index (χ1) is 13.6. The molecular weight excluding hydrogens is 412 g/mol. The van der Waals surface area contributed by atoms with E-state index < -0.39 is 21.1 Å². The molecule has 2 heterocycles. The van der Waals surface area contributed by atoms with Crippen molar-refractivity contribution in [2.45, 2.75) is 44.7 Å². The van der Waals surface area contributed by atoms with E-state index >= 15 is 0 Å². The third kappa shape index (κ3) is 3.79. The Kier molecular flexibility index (Phi) is 5.79. The predicted octanol–water partition coefficient (Wildman–Crippen LogP) is 2.06. The number of aromatic nitrogens is 3. The molecule has 0 spiro atoms. The van der Waals surface area contributed by atoms with Crippen molar-refractivity contribution in [3.05, 3.63) is 55.0 Å². The lowest BCUT2D eigenvalue weighted by Crippen LogP contribution is -2.41.